The van der Waals surface area contributed by atoms with Crippen LogP contribution in [-0.4, -0.2) is 31.1 Å². The molecule has 0 aromatic carbocycles. The molecule has 2 nitrogen and oxygen atoms in total. The number of nitrogens with two attached hydrogens (primary N) is 1. The molecule has 0 aliphatic heterocycles. The topological polar surface area (TPSA) is 29.3 Å². The standard InChI is InChI=1S/C13H28N2/c1-13(2,3)10-15(4)12-8-6-5-7-11(12)9-14/h11-12H,5-10,14H2,1-4H3. The number of hydrogen-bond donors (Lipinski definition) is 1. The maximum Gasteiger partial charge on any atom is 0.0133 e. The molecule has 1 rings (SSSR count). The van der Waals surface area contributed by atoms with Crippen LogP contribution in [0.3, 0.4) is 0 Å². The average molecular weight is 212 g/mol. The molecule has 0 saturated heterocycles. The third-order valence-electron chi connectivity index (χ3n) is 3.46. The SMILES string of the molecule is CN(CC(C)(C)C)C1CCCCC1CN. The summed E-state index contributed by atoms with van der Waals surface area (Å²) in [6.07, 6.45) is 5.43. The summed E-state index contributed by atoms with van der Waals surface area (Å²) in [7, 11) is 2.27. The molecule has 1 aliphatic rings. The maximum atomic E-state index is 5.87. The highest BCUT2D eigenvalue weighted by Crippen LogP contribution is 2.29. The molecule has 0 bridgehead atoms. The van der Waals surface area contributed by atoms with Crippen LogP contribution in [0.2, 0.25) is 0 Å². The summed E-state index contributed by atoms with van der Waals surface area (Å²) in [5.74, 6) is 0.728. The molecule has 0 aromatic rings. The Kier molecular flexibility index (Phi) is 4.60. The molecule has 1 fully saturated rings. The van der Waals surface area contributed by atoms with E-state index in [9.17, 15) is 0 Å². The van der Waals surface area contributed by atoms with Crippen molar-refractivity contribution in [2.45, 2.75) is 52.5 Å². The molecule has 0 heterocycles. The van der Waals surface area contributed by atoms with Crippen LogP contribution in [-0.2, 0) is 0 Å². The quantitative estimate of drug-likeness (QED) is 0.779. The Hall–Kier alpha value is -0.0800. The molecule has 1 aliphatic carbocycles. The third kappa shape index (κ3) is 4.12. The summed E-state index contributed by atoms with van der Waals surface area (Å²) < 4.78 is 0. The van der Waals surface area contributed by atoms with Crippen LogP contribution >= 0.6 is 0 Å². The predicted octanol–water partition coefficient (Wildman–Crippen LogP) is 2.48. The lowest BCUT2D eigenvalue weighted by Gasteiger charge is -2.40. The largest absolute Gasteiger partial charge is 0.330 e. The first-order valence-corrected chi connectivity index (χ1v) is 6.34. The first-order valence-electron chi connectivity index (χ1n) is 6.34. The van der Waals surface area contributed by atoms with Crippen molar-refractivity contribution in [3.63, 3.8) is 0 Å². The van der Waals surface area contributed by atoms with Crippen LogP contribution in [0.4, 0.5) is 0 Å². The highest BCUT2D eigenvalue weighted by Gasteiger charge is 2.28. The van der Waals surface area contributed by atoms with E-state index in [1.807, 2.05) is 0 Å². The Bertz CT molecular complexity index is 183. The van der Waals surface area contributed by atoms with Crippen LogP contribution in [0.1, 0.15) is 46.5 Å². The van der Waals surface area contributed by atoms with Crippen molar-refractivity contribution >= 4 is 0 Å². The van der Waals surface area contributed by atoms with Gasteiger partial charge >= 0.3 is 0 Å². The maximum absolute atomic E-state index is 5.87. The van der Waals surface area contributed by atoms with E-state index >= 15 is 0 Å². The summed E-state index contributed by atoms with van der Waals surface area (Å²) in [6.45, 7) is 8.96. The van der Waals surface area contributed by atoms with Gasteiger partial charge in [0, 0.05) is 12.6 Å². The number of rotatable bonds is 3. The van der Waals surface area contributed by atoms with Gasteiger partial charge in [0.05, 0.1) is 0 Å². The molecule has 2 unspecified atom stereocenters. The summed E-state index contributed by atoms with van der Waals surface area (Å²) in [5, 5.41) is 0. The molecule has 0 radical (unpaired) electrons. The Morgan fingerprint density at radius 1 is 1.20 bits per heavy atom. The van der Waals surface area contributed by atoms with Gasteiger partial charge in [0.1, 0.15) is 0 Å². The predicted molar refractivity (Wildman–Crippen MR) is 66.9 cm³/mol. The first-order chi connectivity index (χ1) is 6.94. The Labute approximate surface area is 95.2 Å². The Balaban J connectivity index is 2.52. The normalized spacial score (nSPS) is 28.4. The van der Waals surface area contributed by atoms with Crippen molar-refractivity contribution in [1.82, 2.24) is 4.90 Å². The van der Waals surface area contributed by atoms with E-state index in [2.05, 4.69) is 32.7 Å². The van der Waals surface area contributed by atoms with Crippen molar-refractivity contribution in [3.8, 4) is 0 Å². The summed E-state index contributed by atoms with van der Waals surface area (Å²) >= 11 is 0. The summed E-state index contributed by atoms with van der Waals surface area (Å²) in [6, 6.07) is 0.725. The van der Waals surface area contributed by atoms with E-state index in [1.54, 1.807) is 0 Å². The number of hydrogen-bond acceptors (Lipinski definition) is 2. The summed E-state index contributed by atoms with van der Waals surface area (Å²) in [5.41, 5.74) is 6.26. The third-order valence-corrected chi connectivity index (χ3v) is 3.46. The van der Waals surface area contributed by atoms with Gasteiger partial charge < -0.3 is 10.6 Å². The van der Waals surface area contributed by atoms with Crippen molar-refractivity contribution in [3.05, 3.63) is 0 Å². The molecular formula is C13H28N2. The lowest BCUT2D eigenvalue weighted by molar-refractivity contribution is 0.0994. The highest BCUT2D eigenvalue weighted by atomic mass is 15.1. The minimum absolute atomic E-state index is 0.394. The highest BCUT2D eigenvalue weighted by molar-refractivity contribution is 4.84. The van der Waals surface area contributed by atoms with Crippen molar-refractivity contribution in [1.29, 1.82) is 0 Å². The Morgan fingerprint density at radius 2 is 1.80 bits per heavy atom. The molecule has 0 aromatic heterocycles. The molecule has 90 valence electrons. The van der Waals surface area contributed by atoms with E-state index in [0.717, 1.165) is 18.5 Å². The second kappa shape index (κ2) is 5.31. The van der Waals surface area contributed by atoms with Gasteiger partial charge in [-0.15, -0.1) is 0 Å². The average Bonchev–Trinajstić information content (AvgIpc) is 2.15. The minimum Gasteiger partial charge on any atom is -0.330 e. The molecule has 15 heavy (non-hydrogen) atoms. The van der Waals surface area contributed by atoms with E-state index in [1.165, 1.54) is 32.2 Å². The molecular weight excluding hydrogens is 184 g/mol. The molecule has 0 amide bonds. The van der Waals surface area contributed by atoms with Crippen molar-refractivity contribution < 1.29 is 0 Å². The zero-order valence-electron chi connectivity index (χ0n) is 10.9. The number of nitrogens with zero attached hydrogens (tertiary/aromatic N) is 1. The second-order valence-corrected chi connectivity index (χ2v) is 6.32. The van der Waals surface area contributed by atoms with Gasteiger partial charge in [0.2, 0.25) is 0 Å². The summed E-state index contributed by atoms with van der Waals surface area (Å²) in [4.78, 5) is 2.54. The van der Waals surface area contributed by atoms with E-state index in [0.29, 0.717) is 5.41 Å². The van der Waals surface area contributed by atoms with Gasteiger partial charge in [0.15, 0.2) is 0 Å². The molecule has 2 atom stereocenters. The van der Waals surface area contributed by atoms with Crippen LogP contribution < -0.4 is 5.73 Å². The molecule has 0 spiro atoms. The van der Waals surface area contributed by atoms with Gasteiger partial charge in [-0.25, -0.2) is 0 Å². The van der Waals surface area contributed by atoms with Crippen LogP contribution in [0.25, 0.3) is 0 Å². The van der Waals surface area contributed by atoms with E-state index in [-0.39, 0.29) is 0 Å². The van der Waals surface area contributed by atoms with Gasteiger partial charge in [-0.3, -0.25) is 0 Å². The van der Waals surface area contributed by atoms with Gasteiger partial charge in [0.25, 0.3) is 0 Å². The lowest BCUT2D eigenvalue weighted by Crippen LogP contribution is -2.45. The molecule has 2 N–H and O–H groups in total. The molecule has 1 saturated carbocycles. The fraction of sp³-hybridized carbons (Fsp3) is 1.00. The van der Waals surface area contributed by atoms with E-state index in [4.69, 9.17) is 5.73 Å². The second-order valence-electron chi connectivity index (χ2n) is 6.32. The smallest absolute Gasteiger partial charge is 0.0133 e. The molecule has 2 heteroatoms. The Morgan fingerprint density at radius 3 is 2.33 bits per heavy atom. The van der Waals surface area contributed by atoms with Gasteiger partial charge in [-0.2, -0.15) is 0 Å². The van der Waals surface area contributed by atoms with Crippen molar-refractivity contribution in [2.75, 3.05) is 20.1 Å². The zero-order chi connectivity index (χ0) is 11.5. The fourth-order valence-electron chi connectivity index (χ4n) is 2.91. The lowest BCUT2D eigenvalue weighted by atomic mass is 9.82. The monoisotopic (exact) mass is 212 g/mol. The van der Waals surface area contributed by atoms with Gasteiger partial charge in [-0.1, -0.05) is 33.6 Å². The van der Waals surface area contributed by atoms with Crippen LogP contribution in [0, 0.1) is 11.3 Å². The van der Waals surface area contributed by atoms with Crippen molar-refractivity contribution in [2.24, 2.45) is 17.1 Å². The van der Waals surface area contributed by atoms with E-state index < -0.39 is 0 Å². The van der Waals surface area contributed by atoms with Crippen LogP contribution in [0.5, 0.6) is 0 Å². The zero-order valence-corrected chi connectivity index (χ0v) is 10.9. The minimum atomic E-state index is 0.394. The fourth-order valence-corrected chi connectivity index (χ4v) is 2.91. The van der Waals surface area contributed by atoms with Gasteiger partial charge in [-0.05, 0) is 37.8 Å². The van der Waals surface area contributed by atoms with Crippen LogP contribution in [0.15, 0.2) is 0 Å². The first kappa shape index (κ1) is 13.0.